The number of aromatic amines is 1. The van der Waals surface area contributed by atoms with Crippen LogP contribution in [0.15, 0.2) is 21.7 Å². The van der Waals surface area contributed by atoms with Crippen LogP contribution in [0.2, 0.25) is 5.02 Å². The molecule has 0 aliphatic carbocycles. The standard InChI is InChI=1S/C11H6BrClF3N5O/c12-9-8(3-22-11(15)16)18-20-10(9)4-1-7(19-21-17)5(13)2-6(4)14/h1-2,11H,3H2,(H,18,20). The van der Waals surface area contributed by atoms with Crippen molar-refractivity contribution < 1.29 is 17.9 Å². The maximum absolute atomic E-state index is 14.0. The molecule has 0 fully saturated rings. The topological polar surface area (TPSA) is 86.7 Å². The molecule has 0 radical (unpaired) electrons. The monoisotopic (exact) mass is 395 g/mol. The summed E-state index contributed by atoms with van der Waals surface area (Å²) in [6, 6.07) is 2.17. The van der Waals surface area contributed by atoms with E-state index in [2.05, 4.69) is 40.9 Å². The third-order valence-electron chi connectivity index (χ3n) is 2.57. The summed E-state index contributed by atoms with van der Waals surface area (Å²) >= 11 is 8.88. The zero-order valence-corrected chi connectivity index (χ0v) is 12.9. The Hall–Kier alpha value is -1.74. The molecule has 2 aromatic rings. The summed E-state index contributed by atoms with van der Waals surface area (Å²) in [5.74, 6) is -0.713. The first-order chi connectivity index (χ1) is 10.4. The van der Waals surface area contributed by atoms with Gasteiger partial charge < -0.3 is 4.74 Å². The van der Waals surface area contributed by atoms with Crippen LogP contribution in [-0.4, -0.2) is 16.8 Å². The quantitative estimate of drug-likeness (QED) is 0.421. The molecule has 0 amide bonds. The number of halogens is 5. The third kappa shape index (κ3) is 3.53. The highest BCUT2D eigenvalue weighted by Gasteiger charge is 2.18. The van der Waals surface area contributed by atoms with Gasteiger partial charge in [-0.3, -0.25) is 5.10 Å². The first kappa shape index (κ1) is 16.6. The van der Waals surface area contributed by atoms with E-state index in [4.69, 9.17) is 17.1 Å². The fraction of sp³-hybridized carbons (Fsp3) is 0.182. The second kappa shape index (κ2) is 7.01. The minimum Gasteiger partial charge on any atom is -0.316 e. The summed E-state index contributed by atoms with van der Waals surface area (Å²) in [7, 11) is 0. The zero-order chi connectivity index (χ0) is 16.3. The Labute approximate surface area is 135 Å². The van der Waals surface area contributed by atoms with Crippen LogP contribution in [0.3, 0.4) is 0 Å². The lowest BCUT2D eigenvalue weighted by atomic mass is 10.1. The van der Waals surface area contributed by atoms with Crippen LogP contribution in [0.5, 0.6) is 0 Å². The average Bonchev–Trinajstić information content (AvgIpc) is 2.81. The fourth-order valence-electron chi connectivity index (χ4n) is 1.63. The van der Waals surface area contributed by atoms with Gasteiger partial charge in [0.1, 0.15) is 11.5 Å². The molecule has 11 heteroatoms. The summed E-state index contributed by atoms with van der Waals surface area (Å²) in [4.78, 5) is 2.58. The molecule has 1 N–H and O–H groups in total. The maximum atomic E-state index is 14.0. The van der Waals surface area contributed by atoms with Gasteiger partial charge in [0.15, 0.2) is 0 Å². The van der Waals surface area contributed by atoms with E-state index in [1.165, 1.54) is 6.07 Å². The molecule has 0 saturated carbocycles. The van der Waals surface area contributed by atoms with Gasteiger partial charge in [-0.05, 0) is 33.6 Å². The Bertz CT molecular complexity index is 748. The Morgan fingerprint density at radius 3 is 2.86 bits per heavy atom. The largest absolute Gasteiger partial charge is 0.345 e. The molecule has 0 saturated heterocycles. The minimum absolute atomic E-state index is 0.0147. The normalized spacial score (nSPS) is 10.8. The van der Waals surface area contributed by atoms with Crippen LogP contribution in [0, 0.1) is 5.82 Å². The van der Waals surface area contributed by atoms with Gasteiger partial charge in [-0.2, -0.15) is 13.9 Å². The van der Waals surface area contributed by atoms with Crippen molar-refractivity contribution in [2.75, 3.05) is 0 Å². The highest BCUT2D eigenvalue weighted by atomic mass is 79.9. The third-order valence-corrected chi connectivity index (χ3v) is 3.73. The molecule has 0 spiro atoms. The van der Waals surface area contributed by atoms with E-state index in [1.807, 2.05) is 0 Å². The van der Waals surface area contributed by atoms with Crippen molar-refractivity contribution in [1.82, 2.24) is 10.2 Å². The molecule has 0 bridgehead atoms. The smallest absolute Gasteiger partial charge is 0.316 e. The average molecular weight is 397 g/mol. The second-order valence-electron chi connectivity index (χ2n) is 3.91. The van der Waals surface area contributed by atoms with E-state index >= 15 is 0 Å². The Kier molecular flexibility index (Phi) is 5.30. The van der Waals surface area contributed by atoms with Crippen LogP contribution in [0.25, 0.3) is 21.7 Å². The molecule has 0 unspecified atom stereocenters. The number of ether oxygens (including phenoxy) is 1. The number of nitrogens with one attached hydrogen (secondary N) is 1. The SMILES string of the molecule is [N-]=[N+]=Nc1cc(-c2n[nH]c(COC(F)F)c2Br)c(F)cc1Cl. The van der Waals surface area contributed by atoms with Crippen molar-refractivity contribution in [3.8, 4) is 11.3 Å². The first-order valence-electron chi connectivity index (χ1n) is 5.61. The number of rotatable bonds is 5. The van der Waals surface area contributed by atoms with Gasteiger partial charge in [0, 0.05) is 10.5 Å². The summed E-state index contributed by atoms with van der Waals surface area (Å²) in [6.45, 7) is -3.38. The van der Waals surface area contributed by atoms with E-state index in [-0.39, 0.29) is 32.1 Å². The van der Waals surface area contributed by atoms with E-state index in [1.54, 1.807) is 0 Å². The number of benzene rings is 1. The Morgan fingerprint density at radius 2 is 2.23 bits per heavy atom. The van der Waals surface area contributed by atoms with Gasteiger partial charge in [-0.15, -0.1) is 0 Å². The molecule has 1 aromatic heterocycles. The molecule has 0 aliphatic rings. The molecule has 1 aromatic carbocycles. The number of H-pyrrole nitrogens is 1. The number of hydrogen-bond donors (Lipinski definition) is 1. The van der Waals surface area contributed by atoms with Crippen LogP contribution < -0.4 is 0 Å². The van der Waals surface area contributed by atoms with Crippen molar-refractivity contribution >= 4 is 33.2 Å². The van der Waals surface area contributed by atoms with E-state index in [9.17, 15) is 13.2 Å². The molecular formula is C11H6BrClF3N5O. The van der Waals surface area contributed by atoms with E-state index in [0.29, 0.717) is 0 Å². The minimum atomic E-state index is -2.94. The molecule has 0 aliphatic heterocycles. The first-order valence-corrected chi connectivity index (χ1v) is 6.78. The number of alkyl halides is 2. The molecule has 2 rings (SSSR count). The fourth-order valence-corrected chi connectivity index (χ4v) is 2.32. The van der Waals surface area contributed by atoms with Crippen LogP contribution in [-0.2, 0) is 11.3 Å². The predicted octanol–water partition coefficient (Wildman–Crippen LogP) is 5.31. The lowest BCUT2D eigenvalue weighted by Crippen LogP contribution is -1.99. The van der Waals surface area contributed by atoms with Crippen LogP contribution in [0.1, 0.15) is 5.69 Å². The van der Waals surface area contributed by atoms with Crippen molar-refractivity contribution in [3.05, 3.63) is 43.6 Å². The Balaban J connectivity index is 2.44. The van der Waals surface area contributed by atoms with Crippen molar-refractivity contribution in [1.29, 1.82) is 0 Å². The van der Waals surface area contributed by atoms with Crippen LogP contribution >= 0.6 is 27.5 Å². The molecule has 22 heavy (non-hydrogen) atoms. The van der Waals surface area contributed by atoms with Gasteiger partial charge in [0.05, 0.1) is 27.5 Å². The van der Waals surface area contributed by atoms with E-state index < -0.39 is 19.0 Å². The predicted molar refractivity (Wildman–Crippen MR) is 76.3 cm³/mol. The van der Waals surface area contributed by atoms with Gasteiger partial charge in [0.25, 0.3) is 0 Å². The summed E-state index contributed by atoms with van der Waals surface area (Å²) in [6.07, 6.45) is 0. The number of nitrogens with zero attached hydrogens (tertiary/aromatic N) is 4. The molecular weight excluding hydrogens is 391 g/mol. The lowest BCUT2D eigenvalue weighted by Gasteiger charge is -2.05. The van der Waals surface area contributed by atoms with Crippen molar-refractivity contribution in [3.63, 3.8) is 0 Å². The summed E-state index contributed by atoms with van der Waals surface area (Å²) < 4.78 is 42.5. The van der Waals surface area contributed by atoms with Gasteiger partial charge in [0.2, 0.25) is 0 Å². The number of aromatic nitrogens is 2. The van der Waals surface area contributed by atoms with Gasteiger partial charge in [-0.1, -0.05) is 16.7 Å². The molecule has 0 atom stereocenters. The second-order valence-corrected chi connectivity index (χ2v) is 5.11. The highest BCUT2D eigenvalue weighted by Crippen LogP contribution is 2.36. The lowest BCUT2D eigenvalue weighted by molar-refractivity contribution is -0.138. The van der Waals surface area contributed by atoms with Gasteiger partial charge in [-0.25, -0.2) is 4.39 Å². The summed E-state index contributed by atoms with van der Waals surface area (Å²) in [5.41, 5.74) is 8.75. The number of hydrogen-bond acceptors (Lipinski definition) is 3. The molecule has 1 heterocycles. The molecule has 6 nitrogen and oxygen atoms in total. The maximum Gasteiger partial charge on any atom is 0.345 e. The van der Waals surface area contributed by atoms with Crippen molar-refractivity contribution in [2.45, 2.75) is 13.2 Å². The molecule has 116 valence electrons. The van der Waals surface area contributed by atoms with Crippen molar-refractivity contribution in [2.24, 2.45) is 5.11 Å². The van der Waals surface area contributed by atoms with Crippen LogP contribution in [0.4, 0.5) is 18.9 Å². The number of azide groups is 1. The Morgan fingerprint density at radius 1 is 1.50 bits per heavy atom. The highest BCUT2D eigenvalue weighted by molar-refractivity contribution is 9.10. The van der Waals surface area contributed by atoms with Gasteiger partial charge >= 0.3 is 6.61 Å². The van der Waals surface area contributed by atoms with E-state index in [0.717, 1.165) is 6.07 Å². The zero-order valence-electron chi connectivity index (χ0n) is 10.5. The summed E-state index contributed by atoms with van der Waals surface area (Å²) in [5, 5.41) is 9.58.